The predicted molar refractivity (Wildman–Crippen MR) is 142 cm³/mol. The molecule has 6 nitrogen and oxygen atoms in total. The molecule has 3 rings (SSSR count). The summed E-state index contributed by atoms with van der Waals surface area (Å²) in [6.07, 6.45) is 0.188. The van der Waals surface area contributed by atoms with Crippen molar-refractivity contribution in [3.05, 3.63) is 95.1 Å². The predicted octanol–water partition coefficient (Wildman–Crippen LogP) is 5.89. The van der Waals surface area contributed by atoms with Gasteiger partial charge >= 0.3 is 5.97 Å². The van der Waals surface area contributed by atoms with Gasteiger partial charge in [0.05, 0.1) is 6.61 Å². The molecule has 1 unspecified atom stereocenters. The smallest absolute Gasteiger partial charge is 0.333 e. The lowest BCUT2D eigenvalue weighted by Gasteiger charge is -2.19. The van der Waals surface area contributed by atoms with Crippen LogP contribution in [0.3, 0.4) is 0 Å². The number of nitrogens with one attached hydrogen (secondary N) is 1. The molecule has 0 fully saturated rings. The van der Waals surface area contributed by atoms with Crippen LogP contribution in [0.1, 0.15) is 54.7 Å². The van der Waals surface area contributed by atoms with E-state index in [1.54, 1.807) is 6.92 Å². The number of carboxylic acids is 1. The fourth-order valence-corrected chi connectivity index (χ4v) is 3.72. The maximum atomic E-state index is 12.6. The lowest BCUT2D eigenvalue weighted by Crippen LogP contribution is -2.26. The zero-order valence-electron chi connectivity index (χ0n) is 21.4. The van der Waals surface area contributed by atoms with Gasteiger partial charge in [-0.3, -0.25) is 4.79 Å². The van der Waals surface area contributed by atoms with Crippen molar-refractivity contribution in [1.29, 1.82) is 0 Å². The number of hydrogen-bond donors (Lipinski definition) is 2. The molecule has 1 atom stereocenters. The lowest BCUT2D eigenvalue weighted by atomic mass is 9.87. The van der Waals surface area contributed by atoms with E-state index in [0.717, 1.165) is 29.0 Å². The third-order valence-electron chi connectivity index (χ3n) is 5.87. The molecule has 0 aliphatic carbocycles. The van der Waals surface area contributed by atoms with Crippen LogP contribution >= 0.6 is 0 Å². The molecule has 3 aromatic rings. The third-order valence-corrected chi connectivity index (χ3v) is 5.87. The fraction of sp³-hybridized carbons (Fsp3) is 0.333. The van der Waals surface area contributed by atoms with Gasteiger partial charge in [0.1, 0.15) is 5.75 Å². The summed E-state index contributed by atoms with van der Waals surface area (Å²) in [7, 11) is 0. The molecule has 0 spiro atoms. The van der Waals surface area contributed by atoms with Crippen LogP contribution in [0.4, 0.5) is 5.69 Å². The number of amides is 1. The van der Waals surface area contributed by atoms with Crippen molar-refractivity contribution in [2.75, 3.05) is 18.5 Å². The molecular formula is C30H35NO5. The molecule has 0 heterocycles. The van der Waals surface area contributed by atoms with E-state index >= 15 is 0 Å². The second-order valence-electron chi connectivity index (χ2n) is 9.71. The Bertz CT molecular complexity index is 1130. The Hall–Kier alpha value is -3.64. The van der Waals surface area contributed by atoms with Crippen LogP contribution in [0.2, 0.25) is 0 Å². The molecule has 0 saturated heterocycles. The van der Waals surface area contributed by atoms with Gasteiger partial charge in [-0.15, -0.1) is 0 Å². The van der Waals surface area contributed by atoms with Crippen LogP contribution in [-0.2, 0) is 27.8 Å². The molecule has 0 aliphatic heterocycles. The number of carbonyl (C=O) groups is 2. The number of carboxylic acid groups (broad SMARTS) is 1. The molecule has 0 saturated carbocycles. The van der Waals surface area contributed by atoms with Crippen LogP contribution in [0, 0.1) is 0 Å². The number of aliphatic carboxylic acids is 1. The van der Waals surface area contributed by atoms with Gasteiger partial charge in [-0.05, 0) is 65.4 Å². The Kier molecular flexibility index (Phi) is 9.25. The molecule has 1 amide bonds. The van der Waals surface area contributed by atoms with Crippen molar-refractivity contribution in [2.45, 2.75) is 52.1 Å². The molecule has 0 aliphatic rings. The summed E-state index contributed by atoms with van der Waals surface area (Å²) in [5.74, 6) is -0.369. The van der Waals surface area contributed by atoms with Gasteiger partial charge in [0, 0.05) is 30.7 Å². The van der Waals surface area contributed by atoms with E-state index in [9.17, 15) is 14.7 Å². The molecule has 0 bridgehead atoms. The first-order valence-corrected chi connectivity index (χ1v) is 12.2. The van der Waals surface area contributed by atoms with E-state index in [-0.39, 0.29) is 11.3 Å². The van der Waals surface area contributed by atoms with Crippen molar-refractivity contribution >= 4 is 17.6 Å². The zero-order chi connectivity index (χ0) is 26.1. The first-order valence-electron chi connectivity index (χ1n) is 12.2. The highest BCUT2D eigenvalue weighted by molar-refractivity contribution is 6.04. The monoisotopic (exact) mass is 489 g/mol. The number of anilines is 1. The Morgan fingerprint density at radius 1 is 0.889 bits per heavy atom. The molecule has 3 aromatic carbocycles. The molecule has 0 aromatic heterocycles. The average molecular weight is 490 g/mol. The first kappa shape index (κ1) is 27.0. The zero-order valence-corrected chi connectivity index (χ0v) is 21.4. The highest BCUT2D eigenvalue weighted by Gasteiger charge is 2.18. The summed E-state index contributed by atoms with van der Waals surface area (Å²) >= 11 is 0. The number of carbonyl (C=O) groups excluding carboxylic acids is 1. The van der Waals surface area contributed by atoms with Crippen LogP contribution in [0.15, 0.2) is 72.8 Å². The minimum absolute atomic E-state index is 0.0489. The Balaban J connectivity index is 1.46. The van der Waals surface area contributed by atoms with Crippen LogP contribution in [0.25, 0.3) is 0 Å². The van der Waals surface area contributed by atoms with E-state index < -0.39 is 12.1 Å². The normalized spacial score (nSPS) is 12.1. The summed E-state index contributed by atoms with van der Waals surface area (Å²) < 4.78 is 11.1. The van der Waals surface area contributed by atoms with Gasteiger partial charge in [-0.2, -0.15) is 0 Å². The van der Waals surface area contributed by atoms with E-state index in [1.165, 1.54) is 5.56 Å². The van der Waals surface area contributed by atoms with Crippen LogP contribution in [0.5, 0.6) is 5.75 Å². The molecular weight excluding hydrogens is 454 g/mol. The summed E-state index contributed by atoms with van der Waals surface area (Å²) in [4.78, 5) is 23.8. The summed E-state index contributed by atoms with van der Waals surface area (Å²) in [5.41, 5.74) is 4.59. The number of hydrogen-bond acceptors (Lipinski definition) is 4. The van der Waals surface area contributed by atoms with Crippen molar-refractivity contribution < 1.29 is 24.2 Å². The maximum absolute atomic E-state index is 12.6. The third kappa shape index (κ3) is 7.95. The Morgan fingerprint density at radius 3 is 2.06 bits per heavy atom. The van der Waals surface area contributed by atoms with Crippen molar-refractivity contribution in [3.63, 3.8) is 0 Å². The molecule has 0 radical (unpaired) electrons. The lowest BCUT2D eigenvalue weighted by molar-refractivity contribution is -0.149. The van der Waals surface area contributed by atoms with Crippen LogP contribution < -0.4 is 10.1 Å². The minimum atomic E-state index is -0.961. The first-order chi connectivity index (χ1) is 17.2. The Labute approximate surface area is 213 Å². The van der Waals surface area contributed by atoms with Crippen molar-refractivity contribution in [1.82, 2.24) is 0 Å². The summed E-state index contributed by atoms with van der Waals surface area (Å²) in [6.45, 7) is 9.08. The van der Waals surface area contributed by atoms with E-state index in [1.807, 2.05) is 72.8 Å². The molecule has 190 valence electrons. The van der Waals surface area contributed by atoms with E-state index in [2.05, 4.69) is 26.1 Å². The molecule has 6 heteroatoms. The molecule has 36 heavy (non-hydrogen) atoms. The van der Waals surface area contributed by atoms with Crippen LogP contribution in [-0.4, -0.2) is 36.3 Å². The highest BCUT2D eigenvalue weighted by Crippen LogP contribution is 2.22. The van der Waals surface area contributed by atoms with Gasteiger partial charge in [0.15, 0.2) is 6.10 Å². The van der Waals surface area contributed by atoms with Crippen molar-refractivity contribution in [3.8, 4) is 5.75 Å². The second kappa shape index (κ2) is 12.4. The van der Waals surface area contributed by atoms with E-state index in [0.29, 0.717) is 25.2 Å². The highest BCUT2D eigenvalue weighted by atomic mass is 16.5. The van der Waals surface area contributed by atoms with E-state index in [4.69, 9.17) is 9.47 Å². The number of benzene rings is 3. The maximum Gasteiger partial charge on any atom is 0.333 e. The largest absolute Gasteiger partial charge is 0.493 e. The van der Waals surface area contributed by atoms with Gasteiger partial charge in [0.25, 0.3) is 5.91 Å². The quantitative estimate of drug-likeness (QED) is 0.351. The number of ether oxygens (including phenoxy) is 2. The fourth-order valence-electron chi connectivity index (χ4n) is 3.72. The summed E-state index contributed by atoms with van der Waals surface area (Å²) in [5, 5.41) is 12.2. The topological polar surface area (TPSA) is 84.9 Å². The van der Waals surface area contributed by atoms with Gasteiger partial charge < -0.3 is 19.9 Å². The van der Waals surface area contributed by atoms with Gasteiger partial charge in [-0.1, -0.05) is 57.2 Å². The SMILES string of the molecule is CCOC(Cc1ccc(OCCc2ccc(NC(=O)c3ccc(C(C)(C)C)cc3)cc2)cc1)C(=O)O. The van der Waals surface area contributed by atoms with Gasteiger partial charge in [-0.25, -0.2) is 4.79 Å². The number of rotatable bonds is 11. The molecule has 2 N–H and O–H groups in total. The minimum Gasteiger partial charge on any atom is -0.493 e. The Morgan fingerprint density at radius 2 is 1.50 bits per heavy atom. The van der Waals surface area contributed by atoms with Gasteiger partial charge in [0.2, 0.25) is 0 Å². The second-order valence-corrected chi connectivity index (χ2v) is 9.71. The van der Waals surface area contributed by atoms with Crippen molar-refractivity contribution in [2.24, 2.45) is 0 Å². The summed E-state index contributed by atoms with van der Waals surface area (Å²) in [6, 6.07) is 22.9. The standard InChI is InChI=1S/C30H35NO5/c1-5-35-27(29(33)34)20-22-8-16-26(17-9-22)36-19-18-21-6-14-25(15-7-21)31-28(32)23-10-12-24(13-11-23)30(2,3)4/h6-17,27H,5,18-20H2,1-4H3,(H,31,32)(H,33,34). The average Bonchev–Trinajstić information content (AvgIpc) is 2.85.